The van der Waals surface area contributed by atoms with Crippen molar-refractivity contribution < 1.29 is 9.59 Å². The quantitative estimate of drug-likeness (QED) is 0.559. The predicted molar refractivity (Wildman–Crippen MR) is 117 cm³/mol. The molecule has 1 aliphatic rings. The van der Waals surface area contributed by atoms with Gasteiger partial charge in [0.1, 0.15) is 6.29 Å². The lowest BCUT2D eigenvalue weighted by molar-refractivity contribution is -0.108. The number of rotatable bonds is 7. The number of hydrogen-bond donors (Lipinski definition) is 2. The fraction of sp³-hybridized carbons (Fsp3) is 0.261. The molecule has 1 fully saturated rings. The van der Waals surface area contributed by atoms with Gasteiger partial charge in [0, 0.05) is 38.9 Å². The van der Waals surface area contributed by atoms with Gasteiger partial charge < -0.3 is 10.6 Å². The summed E-state index contributed by atoms with van der Waals surface area (Å²) in [6.07, 6.45) is 7.40. The number of amides is 1. The van der Waals surface area contributed by atoms with Crippen molar-refractivity contribution in [2.45, 2.75) is 13.5 Å². The fourth-order valence-electron chi connectivity index (χ4n) is 2.90. The van der Waals surface area contributed by atoms with Crippen molar-refractivity contribution in [2.75, 3.05) is 26.2 Å². The van der Waals surface area contributed by atoms with Gasteiger partial charge in [-0.3, -0.25) is 14.5 Å². The molecule has 1 aromatic carbocycles. The molecular weight excluding hydrogens is 364 g/mol. The van der Waals surface area contributed by atoms with Gasteiger partial charge >= 0.3 is 0 Å². The average molecular weight is 393 g/mol. The Kier molecular flexibility index (Phi) is 10.1. The average Bonchev–Trinajstić information content (AvgIpc) is 2.74. The number of aromatic nitrogens is 1. The van der Waals surface area contributed by atoms with Gasteiger partial charge in [0.2, 0.25) is 6.41 Å². The Morgan fingerprint density at radius 2 is 1.79 bits per heavy atom. The third kappa shape index (κ3) is 9.10. The minimum atomic E-state index is 0.576. The first-order chi connectivity index (χ1) is 14.2. The molecule has 6 heteroatoms. The molecule has 2 heterocycles. The number of allylic oxidation sites excluding steroid dienone is 1. The Morgan fingerprint density at radius 3 is 2.48 bits per heavy atom. The SMILES string of the molecule is Cc1cccc(CN2CCNCC2)c1.O=C/C=C/c1cccc(/C=C/NC=O)n1. The summed E-state index contributed by atoms with van der Waals surface area (Å²) >= 11 is 0. The molecule has 0 spiro atoms. The highest BCUT2D eigenvalue weighted by molar-refractivity contribution is 5.73. The van der Waals surface area contributed by atoms with Gasteiger partial charge in [-0.2, -0.15) is 0 Å². The first kappa shape index (κ1) is 22.2. The molecule has 1 aromatic heterocycles. The van der Waals surface area contributed by atoms with Crippen LogP contribution in [0.1, 0.15) is 22.5 Å². The van der Waals surface area contributed by atoms with Crippen LogP contribution in [-0.4, -0.2) is 48.8 Å². The summed E-state index contributed by atoms with van der Waals surface area (Å²) in [6, 6.07) is 14.2. The number of aldehydes is 1. The van der Waals surface area contributed by atoms with Crippen LogP contribution in [0, 0.1) is 6.92 Å². The molecule has 2 N–H and O–H groups in total. The number of nitrogens with zero attached hydrogens (tertiary/aromatic N) is 2. The van der Waals surface area contributed by atoms with Crippen LogP contribution in [0.5, 0.6) is 0 Å². The molecule has 0 unspecified atom stereocenters. The second kappa shape index (κ2) is 13.1. The van der Waals surface area contributed by atoms with Crippen LogP contribution in [0.15, 0.2) is 54.7 Å². The minimum absolute atomic E-state index is 0.576. The monoisotopic (exact) mass is 392 g/mol. The zero-order valence-electron chi connectivity index (χ0n) is 16.8. The van der Waals surface area contributed by atoms with Crippen molar-refractivity contribution in [1.29, 1.82) is 0 Å². The van der Waals surface area contributed by atoms with E-state index in [2.05, 4.69) is 51.7 Å². The summed E-state index contributed by atoms with van der Waals surface area (Å²) < 4.78 is 0. The Hall–Kier alpha value is -3.09. The highest BCUT2D eigenvalue weighted by atomic mass is 16.1. The van der Waals surface area contributed by atoms with Crippen molar-refractivity contribution in [3.8, 4) is 0 Å². The maximum Gasteiger partial charge on any atom is 0.211 e. The molecule has 0 saturated carbocycles. The van der Waals surface area contributed by atoms with Crippen LogP contribution >= 0.6 is 0 Å². The topological polar surface area (TPSA) is 74.3 Å². The van der Waals surface area contributed by atoms with E-state index in [1.807, 2.05) is 6.07 Å². The summed E-state index contributed by atoms with van der Waals surface area (Å²) in [6.45, 7) is 7.87. The minimum Gasteiger partial charge on any atom is -0.335 e. The molecule has 0 bridgehead atoms. The number of benzene rings is 1. The van der Waals surface area contributed by atoms with Crippen LogP contribution in [0.4, 0.5) is 0 Å². The summed E-state index contributed by atoms with van der Waals surface area (Å²) in [4.78, 5) is 26.8. The Labute approximate surface area is 172 Å². The van der Waals surface area contributed by atoms with Gasteiger partial charge in [-0.15, -0.1) is 0 Å². The number of piperazine rings is 1. The smallest absolute Gasteiger partial charge is 0.211 e. The number of nitrogens with one attached hydrogen (secondary N) is 2. The second-order valence-corrected chi connectivity index (χ2v) is 6.62. The van der Waals surface area contributed by atoms with Crippen molar-refractivity contribution in [3.05, 3.63) is 77.3 Å². The Balaban J connectivity index is 0.000000207. The highest BCUT2D eigenvalue weighted by Gasteiger charge is 2.09. The van der Waals surface area contributed by atoms with Crippen LogP contribution < -0.4 is 10.6 Å². The van der Waals surface area contributed by atoms with E-state index in [1.165, 1.54) is 36.5 Å². The fourth-order valence-corrected chi connectivity index (χ4v) is 2.90. The van der Waals surface area contributed by atoms with Gasteiger partial charge in [0.25, 0.3) is 0 Å². The first-order valence-electron chi connectivity index (χ1n) is 9.65. The lowest BCUT2D eigenvalue weighted by Gasteiger charge is -2.27. The van der Waals surface area contributed by atoms with Crippen molar-refractivity contribution in [2.24, 2.45) is 0 Å². The molecule has 3 rings (SSSR count). The summed E-state index contributed by atoms with van der Waals surface area (Å²) in [5.41, 5.74) is 4.19. The third-order valence-electron chi connectivity index (χ3n) is 4.25. The highest BCUT2D eigenvalue weighted by Crippen LogP contribution is 2.08. The van der Waals surface area contributed by atoms with Gasteiger partial charge in [0.15, 0.2) is 0 Å². The van der Waals surface area contributed by atoms with E-state index in [4.69, 9.17) is 0 Å². The normalized spacial score (nSPS) is 14.4. The second-order valence-electron chi connectivity index (χ2n) is 6.62. The summed E-state index contributed by atoms with van der Waals surface area (Å²) in [5, 5.41) is 5.75. The van der Waals surface area contributed by atoms with Gasteiger partial charge in [-0.05, 0) is 42.8 Å². The molecule has 6 nitrogen and oxygen atoms in total. The zero-order valence-corrected chi connectivity index (χ0v) is 16.8. The largest absolute Gasteiger partial charge is 0.335 e. The molecule has 0 atom stereocenters. The van der Waals surface area contributed by atoms with Crippen LogP contribution in [0.25, 0.3) is 12.2 Å². The van der Waals surface area contributed by atoms with E-state index < -0.39 is 0 Å². The number of aryl methyl sites for hydroxylation is 1. The third-order valence-corrected chi connectivity index (χ3v) is 4.25. The van der Waals surface area contributed by atoms with Gasteiger partial charge in [-0.1, -0.05) is 35.9 Å². The molecule has 0 radical (unpaired) electrons. The standard InChI is InChI=1S/C12H18N2.C11H10N2O2/c1-11-3-2-4-12(9-11)10-14-7-5-13-6-8-14;14-8-2-5-10-3-1-4-11(13-10)6-7-12-9-15/h2-4,9,13H,5-8,10H2,1H3;1-9H,(H,12,15)/b;5-2+,7-6+. The van der Waals surface area contributed by atoms with E-state index >= 15 is 0 Å². The molecule has 1 saturated heterocycles. The summed E-state index contributed by atoms with van der Waals surface area (Å²) in [7, 11) is 0. The lowest BCUT2D eigenvalue weighted by Crippen LogP contribution is -2.42. The Morgan fingerprint density at radius 1 is 1.07 bits per heavy atom. The Bertz CT molecular complexity index is 827. The van der Waals surface area contributed by atoms with Crippen LogP contribution in [0.2, 0.25) is 0 Å². The van der Waals surface area contributed by atoms with Gasteiger partial charge in [-0.25, -0.2) is 4.98 Å². The first-order valence-corrected chi connectivity index (χ1v) is 9.65. The lowest BCUT2D eigenvalue weighted by atomic mass is 10.1. The molecule has 1 amide bonds. The van der Waals surface area contributed by atoms with Crippen molar-refractivity contribution in [3.63, 3.8) is 0 Å². The van der Waals surface area contributed by atoms with Crippen molar-refractivity contribution >= 4 is 24.8 Å². The van der Waals surface area contributed by atoms with Crippen LogP contribution in [-0.2, 0) is 16.1 Å². The summed E-state index contributed by atoms with van der Waals surface area (Å²) in [5.74, 6) is 0. The van der Waals surface area contributed by atoms with Crippen molar-refractivity contribution in [1.82, 2.24) is 20.5 Å². The maximum atomic E-state index is 10.1. The number of carbonyl (C=O) groups is 2. The number of hydrogen-bond acceptors (Lipinski definition) is 5. The number of carbonyl (C=O) groups excluding carboxylic acids is 2. The zero-order chi connectivity index (χ0) is 20.7. The molecule has 152 valence electrons. The molecule has 29 heavy (non-hydrogen) atoms. The molecule has 1 aliphatic heterocycles. The molecular formula is C23H28N4O2. The molecule has 0 aliphatic carbocycles. The number of pyridine rings is 1. The molecule has 2 aromatic rings. The van der Waals surface area contributed by atoms with Crippen LogP contribution in [0.3, 0.4) is 0 Å². The van der Waals surface area contributed by atoms with E-state index in [9.17, 15) is 9.59 Å². The predicted octanol–water partition coefficient (Wildman–Crippen LogP) is 2.41. The van der Waals surface area contributed by atoms with Gasteiger partial charge in [0.05, 0.1) is 11.4 Å². The van der Waals surface area contributed by atoms with E-state index in [-0.39, 0.29) is 0 Å². The van der Waals surface area contributed by atoms with E-state index in [0.717, 1.165) is 19.6 Å². The van der Waals surface area contributed by atoms with E-state index in [0.29, 0.717) is 24.1 Å². The maximum absolute atomic E-state index is 10.1. The van der Waals surface area contributed by atoms with E-state index in [1.54, 1.807) is 24.3 Å².